The van der Waals surface area contributed by atoms with Gasteiger partial charge < -0.3 is 31.0 Å². The van der Waals surface area contributed by atoms with Gasteiger partial charge in [-0.15, -0.1) is 0 Å². The molecule has 5 N–H and O–H groups in total. The third-order valence-electron chi connectivity index (χ3n) is 6.81. The van der Waals surface area contributed by atoms with Gasteiger partial charge in [0.2, 0.25) is 5.91 Å². The van der Waals surface area contributed by atoms with Crippen molar-refractivity contribution in [3.05, 3.63) is 78.5 Å². The van der Waals surface area contributed by atoms with Crippen LogP contribution in [-0.2, 0) is 4.79 Å². The zero-order valence-electron chi connectivity index (χ0n) is 21.5. The van der Waals surface area contributed by atoms with Gasteiger partial charge in [-0.05, 0) is 79.2 Å². The number of nitrogens with one attached hydrogen (secondary N) is 3. The molecule has 1 aliphatic rings. The molecule has 0 radical (unpaired) electrons. The number of hydrogen-bond acceptors (Lipinski definition) is 5. The Morgan fingerprint density at radius 3 is 2.84 bits per heavy atom. The van der Waals surface area contributed by atoms with Crippen molar-refractivity contribution in [3.63, 3.8) is 0 Å². The van der Waals surface area contributed by atoms with Crippen molar-refractivity contribution >= 4 is 34.1 Å². The van der Waals surface area contributed by atoms with E-state index in [1.165, 1.54) is 0 Å². The number of nitrogens with two attached hydrogens (primary N) is 1. The zero-order chi connectivity index (χ0) is 26.5. The first-order valence-corrected chi connectivity index (χ1v) is 13.0. The molecule has 4 aromatic rings. The minimum Gasteiger partial charge on any atom is -0.493 e. The van der Waals surface area contributed by atoms with Gasteiger partial charge in [0.05, 0.1) is 24.5 Å². The molecule has 8 nitrogen and oxygen atoms in total. The summed E-state index contributed by atoms with van der Waals surface area (Å²) in [5, 5.41) is 7.36. The number of benzene rings is 3. The molecule has 196 valence electrons. The molecule has 1 aromatic heterocycles. The first kappa shape index (κ1) is 25.4. The van der Waals surface area contributed by atoms with Crippen molar-refractivity contribution in [3.8, 4) is 16.9 Å². The number of nitrogens with zero attached hydrogens (tertiary/aromatic N) is 1. The van der Waals surface area contributed by atoms with E-state index >= 15 is 0 Å². The lowest BCUT2D eigenvalue weighted by atomic mass is 10.0. The van der Waals surface area contributed by atoms with Gasteiger partial charge in [-0.25, -0.2) is 0 Å². The Morgan fingerprint density at radius 1 is 1.11 bits per heavy atom. The Balaban J connectivity index is 1.44. The molecule has 0 spiro atoms. The molecule has 0 saturated heterocycles. The highest BCUT2D eigenvalue weighted by atomic mass is 16.5. The van der Waals surface area contributed by atoms with Gasteiger partial charge in [0.15, 0.2) is 0 Å². The topological polar surface area (TPSA) is 112 Å². The average molecular weight is 512 g/mol. The summed E-state index contributed by atoms with van der Waals surface area (Å²) >= 11 is 0. The largest absolute Gasteiger partial charge is 0.493 e. The van der Waals surface area contributed by atoms with Crippen LogP contribution in [0.3, 0.4) is 0 Å². The molecule has 2 amide bonds. The van der Waals surface area contributed by atoms with Gasteiger partial charge in [0.25, 0.3) is 5.91 Å². The molecule has 0 saturated carbocycles. The minimum atomic E-state index is -0.195. The highest BCUT2D eigenvalue weighted by Gasteiger charge is 2.25. The number of carbonyl (C=O) groups is 2. The first-order chi connectivity index (χ1) is 18.5. The van der Waals surface area contributed by atoms with Crippen LogP contribution in [0.4, 0.5) is 11.4 Å². The van der Waals surface area contributed by atoms with Crippen LogP contribution >= 0.6 is 0 Å². The van der Waals surface area contributed by atoms with Gasteiger partial charge in [-0.3, -0.25) is 9.59 Å². The molecule has 8 heteroatoms. The second kappa shape index (κ2) is 11.4. The lowest BCUT2D eigenvalue weighted by molar-refractivity contribution is -0.119. The molecular weight excluding hydrogens is 478 g/mol. The summed E-state index contributed by atoms with van der Waals surface area (Å²) in [6.45, 7) is 3.56. The summed E-state index contributed by atoms with van der Waals surface area (Å²) in [5.41, 5.74) is 10.7. The van der Waals surface area contributed by atoms with Crippen LogP contribution in [0.5, 0.6) is 5.75 Å². The number of aromatic nitrogens is 1. The maximum Gasteiger partial charge on any atom is 0.258 e. The number of aromatic amines is 1. The fraction of sp³-hybridized carbons (Fsp3) is 0.267. The van der Waals surface area contributed by atoms with Crippen molar-refractivity contribution in [2.45, 2.75) is 25.8 Å². The standard InChI is InChI=1S/C30H33N5O3/c1-20-12-15-35(27-6-3-2-5-26(27)34-20)30(37)23-7-9-24(21-8-10-25-22(17-21)11-14-32-25)28(18-23)38-16-4-13-33-29(36)19-31/h2-3,5-11,14,17-18,20,32,34H,4,12-13,15-16,19,31H2,1H3,(H,33,36). The molecule has 38 heavy (non-hydrogen) atoms. The second-order valence-electron chi connectivity index (χ2n) is 9.55. The van der Waals surface area contributed by atoms with Crippen molar-refractivity contribution in [2.24, 2.45) is 5.73 Å². The number of para-hydroxylation sites is 2. The van der Waals surface area contributed by atoms with E-state index < -0.39 is 0 Å². The van der Waals surface area contributed by atoms with Crippen LogP contribution in [0.25, 0.3) is 22.0 Å². The summed E-state index contributed by atoms with van der Waals surface area (Å²) in [5.74, 6) is 0.367. The molecule has 2 heterocycles. The zero-order valence-corrected chi connectivity index (χ0v) is 21.5. The molecule has 1 unspecified atom stereocenters. The van der Waals surface area contributed by atoms with E-state index in [4.69, 9.17) is 10.5 Å². The normalized spacial score (nSPS) is 14.9. The molecule has 1 atom stereocenters. The Labute approximate surface area is 222 Å². The van der Waals surface area contributed by atoms with E-state index in [9.17, 15) is 9.59 Å². The number of hydrogen-bond donors (Lipinski definition) is 4. The van der Waals surface area contributed by atoms with Crippen LogP contribution in [-0.4, -0.2) is 49.1 Å². The molecule has 0 fully saturated rings. The highest BCUT2D eigenvalue weighted by Crippen LogP contribution is 2.35. The van der Waals surface area contributed by atoms with Crippen molar-refractivity contribution < 1.29 is 14.3 Å². The van der Waals surface area contributed by atoms with Crippen molar-refractivity contribution in [2.75, 3.05) is 36.5 Å². The predicted octanol–water partition coefficient (Wildman–Crippen LogP) is 4.53. The van der Waals surface area contributed by atoms with Crippen LogP contribution in [0.1, 0.15) is 30.1 Å². The van der Waals surface area contributed by atoms with Crippen molar-refractivity contribution in [1.29, 1.82) is 0 Å². The fourth-order valence-electron chi connectivity index (χ4n) is 4.77. The first-order valence-electron chi connectivity index (χ1n) is 13.0. The van der Waals surface area contributed by atoms with E-state index in [0.29, 0.717) is 37.4 Å². The van der Waals surface area contributed by atoms with E-state index in [1.807, 2.05) is 71.8 Å². The second-order valence-corrected chi connectivity index (χ2v) is 9.55. The predicted molar refractivity (Wildman–Crippen MR) is 152 cm³/mol. The Bertz CT molecular complexity index is 1450. The smallest absolute Gasteiger partial charge is 0.258 e. The maximum absolute atomic E-state index is 13.8. The number of fused-ring (bicyclic) bond motifs is 2. The van der Waals surface area contributed by atoms with E-state index in [2.05, 4.69) is 28.6 Å². The van der Waals surface area contributed by atoms with Gasteiger partial charge in [-0.2, -0.15) is 0 Å². The number of amides is 2. The van der Waals surface area contributed by atoms with Gasteiger partial charge in [0.1, 0.15) is 5.75 Å². The number of H-pyrrole nitrogens is 1. The Kier molecular flexibility index (Phi) is 7.60. The van der Waals surface area contributed by atoms with Crippen molar-refractivity contribution in [1.82, 2.24) is 10.3 Å². The molecule has 5 rings (SSSR count). The SMILES string of the molecule is CC1CCN(C(=O)c2ccc(-c3ccc4[nH]ccc4c3)c(OCCCNC(=O)CN)c2)c2ccccc2N1. The number of anilines is 2. The molecular formula is C30H33N5O3. The summed E-state index contributed by atoms with van der Waals surface area (Å²) in [6, 6.07) is 22.1. The quantitative estimate of drug-likeness (QED) is 0.260. The lowest BCUT2D eigenvalue weighted by Gasteiger charge is -2.23. The third-order valence-corrected chi connectivity index (χ3v) is 6.81. The third kappa shape index (κ3) is 5.50. The van der Waals surface area contributed by atoms with Crippen LogP contribution in [0.2, 0.25) is 0 Å². The van der Waals surface area contributed by atoms with Gasteiger partial charge >= 0.3 is 0 Å². The lowest BCUT2D eigenvalue weighted by Crippen LogP contribution is -2.32. The monoisotopic (exact) mass is 511 g/mol. The average Bonchev–Trinajstić information content (AvgIpc) is 3.34. The number of ether oxygens (including phenoxy) is 1. The Morgan fingerprint density at radius 2 is 1.97 bits per heavy atom. The highest BCUT2D eigenvalue weighted by molar-refractivity contribution is 6.08. The van der Waals surface area contributed by atoms with E-state index in [1.54, 1.807) is 0 Å². The number of carbonyl (C=O) groups excluding carboxylic acids is 2. The fourth-order valence-corrected chi connectivity index (χ4v) is 4.77. The number of rotatable bonds is 8. The van der Waals surface area contributed by atoms with Crippen LogP contribution in [0.15, 0.2) is 72.9 Å². The van der Waals surface area contributed by atoms with Gasteiger partial charge in [0, 0.05) is 42.0 Å². The van der Waals surface area contributed by atoms with Gasteiger partial charge in [-0.1, -0.05) is 18.2 Å². The van der Waals surface area contributed by atoms with E-state index in [0.717, 1.165) is 39.8 Å². The van der Waals surface area contributed by atoms with E-state index in [-0.39, 0.29) is 24.4 Å². The molecule has 1 aliphatic heterocycles. The van der Waals surface area contributed by atoms with Crippen LogP contribution in [0, 0.1) is 0 Å². The summed E-state index contributed by atoms with van der Waals surface area (Å²) < 4.78 is 6.22. The molecule has 0 aliphatic carbocycles. The summed E-state index contributed by atoms with van der Waals surface area (Å²) in [6.07, 6.45) is 3.37. The Hall–Kier alpha value is -4.30. The summed E-state index contributed by atoms with van der Waals surface area (Å²) in [4.78, 5) is 30.3. The minimum absolute atomic E-state index is 0.0370. The van der Waals surface area contributed by atoms with Crippen LogP contribution < -0.4 is 26.0 Å². The summed E-state index contributed by atoms with van der Waals surface area (Å²) in [7, 11) is 0. The maximum atomic E-state index is 13.8. The molecule has 3 aromatic carbocycles. The molecule has 0 bridgehead atoms.